The number of hydrogen-bond acceptors (Lipinski definition) is 3. The summed E-state index contributed by atoms with van der Waals surface area (Å²) in [5, 5.41) is 2.26. The number of rotatable bonds is 4. The van der Waals surface area contributed by atoms with Gasteiger partial charge in [-0.05, 0) is 40.3 Å². The second-order valence-corrected chi connectivity index (χ2v) is 6.50. The number of hydrogen-bond donors (Lipinski definition) is 0. The molecule has 0 bridgehead atoms. The minimum Gasteiger partial charge on any atom is -0.488 e. The smallest absolute Gasteiger partial charge is 0.231 e. The number of benzene rings is 4. The van der Waals surface area contributed by atoms with Crippen molar-refractivity contribution in [1.82, 2.24) is 0 Å². The van der Waals surface area contributed by atoms with E-state index >= 15 is 0 Å². The van der Waals surface area contributed by atoms with Gasteiger partial charge in [-0.15, -0.1) is 0 Å². The molecule has 4 aromatic rings. The second kappa shape index (κ2) is 6.69. The fourth-order valence-electron chi connectivity index (χ4n) is 3.45. The third-order valence-electron chi connectivity index (χ3n) is 4.80. The Morgan fingerprint density at radius 1 is 0.704 bits per heavy atom. The zero-order chi connectivity index (χ0) is 18.1. The van der Waals surface area contributed by atoms with Crippen LogP contribution in [0.4, 0.5) is 0 Å². The van der Waals surface area contributed by atoms with Crippen molar-refractivity contribution < 1.29 is 14.2 Å². The van der Waals surface area contributed by atoms with Crippen molar-refractivity contribution in [3.05, 3.63) is 90.5 Å². The molecule has 3 heteroatoms. The molecule has 1 aliphatic rings. The SMILES string of the molecule is c1ccc(COc2ccc(-c3ccc4c(c3)OCO4)c3ccccc23)cc1. The lowest BCUT2D eigenvalue weighted by atomic mass is 9.97. The van der Waals surface area contributed by atoms with Crippen molar-refractivity contribution in [2.24, 2.45) is 0 Å². The van der Waals surface area contributed by atoms with Crippen LogP contribution in [0.1, 0.15) is 5.56 Å². The van der Waals surface area contributed by atoms with Gasteiger partial charge in [0, 0.05) is 5.39 Å². The highest BCUT2D eigenvalue weighted by Crippen LogP contribution is 2.39. The molecule has 3 nitrogen and oxygen atoms in total. The molecule has 0 saturated carbocycles. The summed E-state index contributed by atoms with van der Waals surface area (Å²) in [5.74, 6) is 2.48. The summed E-state index contributed by atoms with van der Waals surface area (Å²) in [6.07, 6.45) is 0. The minimum atomic E-state index is 0.284. The van der Waals surface area contributed by atoms with Gasteiger partial charge in [-0.2, -0.15) is 0 Å². The Bertz CT molecular complexity index is 1100. The van der Waals surface area contributed by atoms with E-state index in [0.29, 0.717) is 6.61 Å². The predicted octanol–water partition coefficient (Wildman–Crippen LogP) is 5.81. The van der Waals surface area contributed by atoms with Crippen LogP contribution in [0.3, 0.4) is 0 Å². The van der Waals surface area contributed by atoms with E-state index in [1.165, 1.54) is 0 Å². The standard InChI is InChI=1S/C24H18O3/c1-2-6-17(7-3-1)15-25-22-13-11-19(20-8-4-5-9-21(20)22)18-10-12-23-24(14-18)27-16-26-23/h1-14H,15-16H2. The van der Waals surface area contributed by atoms with E-state index in [9.17, 15) is 0 Å². The Balaban J connectivity index is 1.54. The summed E-state index contributed by atoms with van der Waals surface area (Å²) in [6.45, 7) is 0.833. The Hall–Kier alpha value is -3.46. The molecule has 0 N–H and O–H groups in total. The molecule has 0 aromatic heterocycles. The maximum Gasteiger partial charge on any atom is 0.231 e. The maximum atomic E-state index is 6.13. The van der Waals surface area contributed by atoms with Crippen LogP contribution in [0.15, 0.2) is 84.9 Å². The van der Waals surface area contributed by atoms with E-state index in [1.807, 2.05) is 42.5 Å². The van der Waals surface area contributed by atoms with Crippen LogP contribution in [0, 0.1) is 0 Å². The first kappa shape index (κ1) is 15.8. The summed E-state index contributed by atoms with van der Waals surface area (Å²) >= 11 is 0. The molecular formula is C24H18O3. The molecular weight excluding hydrogens is 336 g/mol. The van der Waals surface area contributed by atoms with E-state index in [1.54, 1.807) is 0 Å². The Morgan fingerprint density at radius 2 is 1.48 bits per heavy atom. The molecule has 0 saturated heterocycles. The third-order valence-corrected chi connectivity index (χ3v) is 4.80. The average molecular weight is 354 g/mol. The molecule has 0 amide bonds. The first-order valence-electron chi connectivity index (χ1n) is 8.97. The molecule has 0 aliphatic carbocycles. The van der Waals surface area contributed by atoms with Gasteiger partial charge in [0.15, 0.2) is 11.5 Å². The van der Waals surface area contributed by atoms with Crippen LogP contribution in [0.5, 0.6) is 17.2 Å². The zero-order valence-corrected chi connectivity index (χ0v) is 14.7. The lowest BCUT2D eigenvalue weighted by Crippen LogP contribution is -1.96. The van der Waals surface area contributed by atoms with Crippen LogP contribution in [-0.2, 0) is 6.61 Å². The van der Waals surface area contributed by atoms with Crippen molar-refractivity contribution in [1.29, 1.82) is 0 Å². The fraction of sp³-hybridized carbons (Fsp3) is 0.0833. The quantitative estimate of drug-likeness (QED) is 0.462. The largest absolute Gasteiger partial charge is 0.488 e. The minimum absolute atomic E-state index is 0.284. The third kappa shape index (κ3) is 2.97. The molecule has 0 fully saturated rings. The summed E-state index contributed by atoms with van der Waals surface area (Å²) in [6, 6.07) is 28.8. The molecule has 27 heavy (non-hydrogen) atoms. The first-order valence-corrected chi connectivity index (χ1v) is 8.97. The van der Waals surface area contributed by atoms with Crippen molar-refractivity contribution in [3.63, 3.8) is 0 Å². The Kier molecular flexibility index (Phi) is 3.91. The first-order chi connectivity index (χ1) is 13.4. The molecule has 4 aromatic carbocycles. The average Bonchev–Trinajstić information content (AvgIpc) is 3.20. The van der Waals surface area contributed by atoms with Gasteiger partial charge in [0.05, 0.1) is 0 Å². The van der Waals surface area contributed by atoms with E-state index in [2.05, 4.69) is 42.5 Å². The van der Waals surface area contributed by atoms with Crippen molar-refractivity contribution in [2.75, 3.05) is 6.79 Å². The van der Waals surface area contributed by atoms with Gasteiger partial charge >= 0.3 is 0 Å². The lowest BCUT2D eigenvalue weighted by molar-refractivity contribution is 0.174. The van der Waals surface area contributed by atoms with Crippen molar-refractivity contribution >= 4 is 10.8 Å². The van der Waals surface area contributed by atoms with E-state index in [0.717, 1.165) is 44.7 Å². The topological polar surface area (TPSA) is 27.7 Å². The van der Waals surface area contributed by atoms with Gasteiger partial charge in [-0.3, -0.25) is 0 Å². The van der Waals surface area contributed by atoms with Gasteiger partial charge < -0.3 is 14.2 Å². The van der Waals surface area contributed by atoms with E-state index in [4.69, 9.17) is 14.2 Å². The van der Waals surface area contributed by atoms with Gasteiger partial charge in [-0.1, -0.05) is 66.7 Å². The molecule has 0 radical (unpaired) electrons. The number of fused-ring (bicyclic) bond motifs is 2. The lowest BCUT2D eigenvalue weighted by Gasteiger charge is -2.13. The van der Waals surface area contributed by atoms with Crippen LogP contribution in [0.2, 0.25) is 0 Å². The predicted molar refractivity (Wildman–Crippen MR) is 106 cm³/mol. The normalized spacial score (nSPS) is 12.3. The van der Waals surface area contributed by atoms with Gasteiger partial charge in [0.2, 0.25) is 6.79 Å². The molecule has 0 atom stereocenters. The van der Waals surface area contributed by atoms with E-state index < -0.39 is 0 Å². The Morgan fingerprint density at radius 3 is 2.37 bits per heavy atom. The summed E-state index contributed by atoms with van der Waals surface area (Å²) in [5.41, 5.74) is 3.41. The molecule has 1 heterocycles. The van der Waals surface area contributed by atoms with Crippen molar-refractivity contribution in [3.8, 4) is 28.4 Å². The van der Waals surface area contributed by atoms with Crippen LogP contribution >= 0.6 is 0 Å². The highest BCUT2D eigenvalue weighted by Gasteiger charge is 2.15. The zero-order valence-electron chi connectivity index (χ0n) is 14.7. The van der Waals surface area contributed by atoms with Gasteiger partial charge in [-0.25, -0.2) is 0 Å². The highest BCUT2D eigenvalue weighted by atomic mass is 16.7. The molecule has 1 aliphatic heterocycles. The number of ether oxygens (including phenoxy) is 3. The van der Waals surface area contributed by atoms with Crippen LogP contribution in [-0.4, -0.2) is 6.79 Å². The monoisotopic (exact) mass is 354 g/mol. The summed E-state index contributed by atoms with van der Waals surface area (Å²) in [7, 11) is 0. The Labute approximate surface area is 157 Å². The van der Waals surface area contributed by atoms with Crippen molar-refractivity contribution in [2.45, 2.75) is 6.61 Å². The van der Waals surface area contributed by atoms with Crippen LogP contribution in [0.25, 0.3) is 21.9 Å². The molecule has 132 valence electrons. The fourth-order valence-corrected chi connectivity index (χ4v) is 3.45. The molecule has 0 unspecified atom stereocenters. The van der Waals surface area contributed by atoms with Crippen LogP contribution < -0.4 is 14.2 Å². The van der Waals surface area contributed by atoms with E-state index in [-0.39, 0.29) is 6.79 Å². The molecule has 5 rings (SSSR count). The van der Waals surface area contributed by atoms with Gasteiger partial charge in [0.1, 0.15) is 12.4 Å². The summed E-state index contributed by atoms with van der Waals surface area (Å²) in [4.78, 5) is 0. The highest BCUT2D eigenvalue weighted by molar-refractivity contribution is 6.00. The molecule has 0 spiro atoms. The second-order valence-electron chi connectivity index (χ2n) is 6.50. The van der Waals surface area contributed by atoms with Gasteiger partial charge in [0.25, 0.3) is 0 Å². The maximum absolute atomic E-state index is 6.13. The summed E-state index contributed by atoms with van der Waals surface area (Å²) < 4.78 is 17.1.